The number of rotatable bonds is 3. The van der Waals surface area contributed by atoms with Crippen molar-refractivity contribution in [2.45, 2.75) is 26.4 Å². The first-order valence-corrected chi connectivity index (χ1v) is 8.46. The average molecular weight is 327 g/mol. The molecule has 23 heavy (non-hydrogen) atoms. The minimum absolute atomic E-state index is 0.0242. The molecule has 0 unspecified atom stereocenters. The molecule has 1 aliphatic heterocycles. The van der Waals surface area contributed by atoms with Crippen molar-refractivity contribution >= 4 is 11.3 Å². The Morgan fingerprint density at radius 2 is 2.30 bits per heavy atom. The second kappa shape index (κ2) is 5.75. The monoisotopic (exact) mass is 327 g/mol. The Bertz CT molecular complexity index is 880. The molecule has 0 aliphatic carbocycles. The number of nitrogens with zero attached hydrogens (tertiary/aromatic N) is 3. The summed E-state index contributed by atoms with van der Waals surface area (Å²) in [6, 6.07) is 3.94. The Morgan fingerprint density at radius 3 is 3.04 bits per heavy atom. The zero-order valence-corrected chi connectivity index (χ0v) is 13.6. The summed E-state index contributed by atoms with van der Waals surface area (Å²) in [6.45, 7) is 4.23. The molecule has 118 valence electrons. The predicted molar refractivity (Wildman–Crippen MR) is 89.3 cm³/mol. The van der Waals surface area contributed by atoms with Gasteiger partial charge in [-0.25, -0.2) is 9.97 Å². The predicted octanol–water partition coefficient (Wildman–Crippen LogP) is 2.09. The number of aromatic nitrogens is 4. The van der Waals surface area contributed by atoms with Crippen LogP contribution in [0.5, 0.6) is 0 Å². The molecule has 4 heterocycles. The van der Waals surface area contributed by atoms with E-state index in [0.29, 0.717) is 12.4 Å². The fourth-order valence-electron chi connectivity index (χ4n) is 2.94. The third kappa shape index (κ3) is 2.85. The maximum absolute atomic E-state index is 12.4. The summed E-state index contributed by atoms with van der Waals surface area (Å²) in [5, 5.41) is 1.99. The van der Waals surface area contributed by atoms with Gasteiger partial charge in [-0.3, -0.25) is 9.69 Å². The summed E-state index contributed by atoms with van der Waals surface area (Å²) in [6.07, 6.45) is 2.65. The van der Waals surface area contributed by atoms with Gasteiger partial charge in [0.2, 0.25) is 0 Å². The molecule has 4 rings (SSSR count). The van der Waals surface area contributed by atoms with Gasteiger partial charge in [0, 0.05) is 37.9 Å². The van der Waals surface area contributed by atoms with Gasteiger partial charge < -0.3 is 9.97 Å². The summed E-state index contributed by atoms with van der Waals surface area (Å²) in [5.41, 5.74) is 2.76. The van der Waals surface area contributed by atoms with Crippen LogP contribution in [0.1, 0.15) is 22.8 Å². The lowest BCUT2D eigenvalue weighted by Gasteiger charge is -2.27. The highest BCUT2D eigenvalue weighted by atomic mass is 32.1. The molecule has 6 nitrogen and oxygen atoms in total. The first-order chi connectivity index (χ1) is 11.2. The van der Waals surface area contributed by atoms with E-state index in [0.717, 1.165) is 47.2 Å². The molecule has 0 amide bonds. The lowest BCUT2D eigenvalue weighted by molar-refractivity contribution is 0.239. The van der Waals surface area contributed by atoms with E-state index in [1.807, 2.05) is 30.6 Å². The van der Waals surface area contributed by atoms with Crippen molar-refractivity contribution < 1.29 is 0 Å². The summed E-state index contributed by atoms with van der Waals surface area (Å²) < 4.78 is 0. The van der Waals surface area contributed by atoms with Crippen molar-refractivity contribution in [3.63, 3.8) is 0 Å². The van der Waals surface area contributed by atoms with Crippen LogP contribution in [-0.4, -0.2) is 31.4 Å². The van der Waals surface area contributed by atoms with E-state index in [9.17, 15) is 4.79 Å². The lowest BCUT2D eigenvalue weighted by Crippen LogP contribution is -2.35. The number of H-pyrrole nitrogens is 2. The van der Waals surface area contributed by atoms with Crippen molar-refractivity contribution in [3.05, 3.63) is 56.8 Å². The minimum atomic E-state index is -0.0242. The van der Waals surface area contributed by atoms with Gasteiger partial charge in [-0.2, -0.15) is 0 Å². The Balaban J connectivity index is 1.59. The van der Waals surface area contributed by atoms with E-state index in [1.165, 1.54) is 0 Å². The van der Waals surface area contributed by atoms with Crippen LogP contribution in [-0.2, 0) is 19.5 Å². The molecule has 1 aliphatic rings. The number of hydrogen-bond acceptors (Lipinski definition) is 5. The summed E-state index contributed by atoms with van der Waals surface area (Å²) >= 11 is 1.59. The van der Waals surface area contributed by atoms with Crippen LogP contribution < -0.4 is 5.56 Å². The van der Waals surface area contributed by atoms with Gasteiger partial charge >= 0.3 is 0 Å². The van der Waals surface area contributed by atoms with Crippen LogP contribution in [0, 0.1) is 6.92 Å². The van der Waals surface area contributed by atoms with E-state index in [1.54, 1.807) is 11.3 Å². The van der Waals surface area contributed by atoms with E-state index in [-0.39, 0.29) is 5.56 Å². The molecule has 0 saturated carbocycles. The largest absolute Gasteiger partial charge is 0.345 e. The molecule has 0 bridgehead atoms. The standard InChI is InChI=1S/C16H17N5OS/c1-10-17-7-11(18-10)8-21-5-4-13-12(9-21)16(22)20-15(19-13)14-3-2-6-23-14/h2-3,6-7H,4-5,8-9H2,1H3,(H,17,18)(H,19,20,22). The van der Waals surface area contributed by atoms with E-state index >= 15 is 0 Å². The van der Waals surface area contributed by atoms with E-state index < -0.39 is 0 Å². The van der Waals surface area contributed by atoms with Crippen LogP contribution in [0.25, 0.3) is 10.7 Å². The number of nitrogens with one attached hydrogen (secondary N) is 2. The highest BCUT2D eigenvalue weighted by molar-refractivity contribution is 7.13. The highest BCUT2D eigenvalue weighted by Gasteiger charge is 2.22. The smallest absolute Gasteiger partial charge is 0.255 e. The molecule has 0 atom stereocenters. The van der Waals surface area contributed by atoms with Gasteiger partial charge in [-0.05, 0) is 18.4 Å². The Kier molecular flexibility index (Phi) is 3.59. The number of aryl methyl sites for hydroxylation is 1. The number of fused-ring (bicyclic) bond motifs is 1. The maximum atomic E-state index is 12.4. The summed E-state index contributed by atoms with van der Waals surface area (Å²) in [5.74, 6) is 1.60. The molecule has 7 heteroatoms. The molecule has 0 fully saturated rings. The lowest BCUT2D eigenvalue weighted by atomic mass is 10.1. The van der Waals surface area contributed by atoms with Gasteiger partial charge in [-0.15, -0.1) is 11.3 Å². The molecule has 0 radical (unpaired) electrons. The second-order valence-corrected chi connectivity index (χ2v) is 6.72. The van der Waals surface area contributed by atoms with Crippen LogP contribution >= 0.6 is 11.3 Å². The number of hydrogen-bond donors (Lipinski definition) is 2. The number of aromatic amines is 2. The molecular formula is C16H17N5OS. The topological polar surface area (TPSA) is 77.7 Å². The third-order valence-corrected chi connectivity index (χ3v) is 4.93. The summed E-state index contributed by atoms with van der Waals surface area (Å²) in [4.78, 5) is 30.7. The highest BCUT2D eigenvalue weighted by Crippen LogP contribution is 2.22. The number of thiophene rings is 1. The fraction of sp³-hybridized carbons (Fsp3) is 0.312. The SMILES string of the molecule is Cc1ncc(CN2CCc3nc(-c4cccs4)[nH]c(=O)c3C2)[nH]1. The van der Waals surface area contributed by atoms with Crippen molar-refractivity contribution in [2.24, 2.45) is 0 Å². The van der Waals surface area contributed by atoms with E-state index in [4.69, 9.17) is 0 Å². The van der Waals surface area contributed by atoms with Crippen molar-refractivity contribution in [2.75, 3.05) is 6.54 Å². The molecule has 0 saturated heterocycles. The van der Waals surface area contributed by atoms with Gasteiger partial charge in [0.05, 0.1) is 16.1 Å². The maximum Gasteiger partial charge on any atom is 0.255 e. The van der Waals surface area contributed by atoms with E-state index in [2.05, 4.69) is 24.8 Å². The Hall–Kier alpha value is -2.25. The van der Waals surface area contributed by atoms with Gasteiger partial charge in [0.25, 0.3) is 5.56 Å². The summed E-state index contributed by atoms with van der Waals surface area (Å²) in [7, 11) is 0. The quantitative estimate of drug-likeness (QED) is 0.772. The first-order valence-electron chi connectivity index (χ1n) is 7.58. The molecule has 3 aromatic rings. The van der Waals surface area contributed by atoms with Crippen molar-refractivity contribution in [1.82, 2.24) is 24.8 Å². The molecule has 3 aromatic heterocycles. The zero-order chi connectivity index (χ0) is 15.8. The van der Waals surface area contributed by atoms with Gasteiger partial charge in [0.1, 0.15) is 5.82 Å². The Labute approximate surface area is 137 Å². The van der Waals surface area contributed by atoms with Gasteiger partial charge in [-0.1, -0.05) is 6.07 Å². The zero-order valence-electron chi connectivity index (χ0n) is 12.8. The Morgan fingerprint density at radius 1 is 1.39 bits per heavy atom. The van der Waals surface area contributed by atoms with Crippen LogP contribution in [0.4, 0.5) is 0 Å². The second-order valence-electron chi connectivity index (χ2n) is 5.77. The molecule has 0 aromatic carbocycles. The van der Waals surface area contributed by atoms with Crippen molar-refractivity contribution in [3.8, 4) is 10.7 Å². The van der Waals surface area contributed by atoms with Gasteiger partial charge in [0.15, 0.2) is 5.82 Å². The fourth-order valence-corrected chi connectivity index (χ4v) is 3.61. The van der Waals surface area contributed by atoms with Crippen LogP contribution in [0.15, 0.2) is 28.5 Å². The van der Waals surface area contributed by atoms with Crippen molar-refractivity contribution in [1.29, 1.82) is 0 Å². The third-order valence-electron chi connectivity index (χ3n) is 4.05. The van der Waals surface area contributed by atoms with Crippen LogP contribution in [0.3, 0.4) is 0 Å². The normalized spacial score (nSPS) is 14.8. The number of imidazole rings is 1. The average Bonchev–Trinajstić information content (AvgIpc) is 3.20. The molecular weight excluding hydrogens is 310 g/mol. The van der Waals surface area contributed by atoms with Crippen LogP contribution in [0.2, 0.25) is 0 Å². The molecule has 2 N–H and O–H groups in total. The minimum Gasteiger partial charge on any atom is -0.345 e. The first kappa shape index (κ1) is 14.3. The molecule has 0 spiro atoms.